The summed E-state index contributed by atoms with van der Waals surface area (Å²) in [4.78, 5) is 11.7. The van der Waals surface area contributed by atoms with Gasteiger partial charge in [0.05, 0.1) is 42.1 Å². The summed E-state index contributed by atoms with van der Waals surface area (Å²) in [5.41, 5.74) is 4.27. The Morgan fingerprint density at radius 2 is 1.94 bits per heavy atom. The van der Waals surface area contributed by atoms with Crippen LogP contribution in [0.4, 0.5) is 0 Å². The van der Waals surface area contributed by atoms with Crippen molar-refractivity contribution < 1.29 is 9.47 Å². The van der Waals surface area contributed by atoms with Crippen LogP contribution in [0.2, 0.25) is 0 Å². The minimum atomic E-state index is 0.195. The summed E-state index contributed by atoms with van der Waals surface area (Å²) >= 11 is 0. The Hall–Kier alpha value is -3.03. The van der Waals surface area contributed by atoms with Gasteiger partial charge in [0, 0.05) is 50.0 Å². The number of fused-ring (bicyclic) bond motifs is 2. The highest BCUT2D eigenvalue weighted by molar-refractivity contribution is 6.07. The summed E-state index contributed by atoms with van der Waals surface area (Å²) in [6.45, 7) is 6.18. The van der Waals surface area contributed by atoms with Gasteiger partial charge in [0.25, 0.3) is 0 Å². The van der Waals surface area contributed by atoms with Gasteiger partial charge >= 0.3 is 0 Å². The number of pyridine rings is 2. The zero-order valence-electron chi connectivity index (χ0n) is 18.8. The normalized spacial score (nSPS) is 23.0. The molecule has 0 aliphatic carbocycles. The molecule has 2 fully saturated rings. The largest absolute Gasteiger partial charge is 0.492 e. The average Bonchev–Trinajstić information content (AvgIpc) is 3.46. The molecule has 33 heavy (non-hydrogen) atoms. The predicted molar refractivity (Wildman–Crippen MR) is 128 cm³/mol. The summed E-state index contributed by atoms with van der Waals surface area (Å²) in [6, 6.07) is 14.9. The summed E-state index contributed by atoms with van der Waals surface area (Å²) in [6.07, 6.45) is 6.10. The van der Waals surface area contributed by atoms with Crippen molar-refractivity contribution >= 4 is 16.6 Å². The van der Waals surface area contributed by atoms with E-state index in [1.807, 2.05) is 24.5 Å². The van der Waals surface area contributed by atoms with Crippen LogP contribution in [0.15, 0.2) is 60.0 Å². The van der Waals surface area contributed by atoms with Crippen LogP contribution in [0.25, 0.3) is 10.9 Å². The van der Waals surface area contributed by atoms with E-state index in [4.69, 9.17) is 14.6 Å². The molecule has 3 aromatic rings. The number of benzene rings is 1. The van der Waals surface area contributed by atoms with Crippen LogP contribution in [-0.4, -0.2) is 77.6 Å². The lowest BCUT2D eigenvalue weighted by Gasteiger charge is -2.26. The lowest BCUT2D eigenvalue weighted by molar-refractivity contribution is 0.0322. The third-order valence-corrected chi connectivity index (χ3v) is 6.98. The van der Waals surface area contributed by atoms with Gasteiger partial charge in [-0.05, 0) is 48.7 Å². The van der Waals surface area contributed by atoms with Gasteiger partial charge in [-0.1, -0.05) is 6.07 Å². The Kier molecular flexibility index (Phi) is 5.66. The second-order valence-corrected chi connectivity index (χ2v) is 8.93. The van der Waals surface area contributed by atoms with E-state index in [9.17, 15) is 0 Å². The van der Waals surface area contributed by atoms with E-state index in [-0.39, 0.29) is 5.92 Å². The summed E-state index contributed by atoms with van der Waals surface area (Å²) in [5.74, 6) is 1.06. The fraction of sp³-hybridized carbons (Fsp3) is 0.423. The van der Waals surface area contributed by atoms with E-state index >= 15 is 0 Å². The molecule has 5 heterocycles. The van der Waals surface area contributed by atoms with Crippen LogP contribution in [0, 0.1) is 0 Å². The predicted octanol–water partition coefficient (Wildman–Crippen LogP) is 3.31. The maximum absolute atomic E-state index is 6.08. The van der Waals surface area contributed by atoms with Gasteiger partial charge in [-0.25, -0.2) is 0 Å². The maximum Gasteiger partial charge on any atom is 0.121 e. The molecule has 7 heteroatoms. The van der Waals surface area contributed by atoms with E-state index in [1.165, 1.54) is 17.4 Å². The molecule has 3 aliphatic heterocycles. The summed E-state index contributed by atoms with van der Waals surface area (Å²) in [7, 11) is 0. The molecule has 0 spiro atoms. The molecule has 0 bridgehead atoms. The molecule has 1 aromatic carbocycles. The molecular formula is C26H29N5O2. The van der Waals surface area contributed by atoms with Crippen LogP contribution in [-0.2, 0) is 4.74 Å². The summed E-state index contributed by atoms with van der Waals surface area (Å²) in [5, 5.41) is 8.45. The topological polar surface area (TPSA) is 63.1 Å². The monoisotopic (exact) mass is 443 g/mol. The fourth-order valence-electron chi connectivity index (χ4n) is 5.33. The average molecular weight is 444 g/mol. The second-order valence-electron chi connectivity index (χ2n) is 8.93. The first-order valence-corrected chi connectivity index (χ1v) is 11.9. The molecule has 2 saturated heterocycles. The SMILES string of the molecule is c1ccc(C2=NN3CCC[C@@H]3[C@@H]2c2ccnc3cc(OCCN4CCOCC4)ccc23)nc1. The quantitative estimate of drug-likeness (QED) is 0.583. The Balaban J connectivity index is 1.27. The first kappa shape index (κ1) is 20.6. The molecule has 0 amide bonds. The summed E-state index contributed by atoms with van der Waals surface area (Å²) < 4.78 is 11.5. The smallest absolute Gasteiger partial charge is 0.121 e. The van der Waals surface area contributed by atoms with Gasteiger partial charge in [-0.2, -0.15) is 5.10 Å². The van der Waals surface area contributed by atoms with Gasteiger partial charge < -0.3 is 9.47 Å². The number of hydrogen-bond donors (Lipinski definition) is 0. The van der Waals surface area contributed by atoms with E-state index in [1.54, 1.807) is 0 Å². The van der Waals surface area contributed by atoms with Crippen molar-refractivity contribution in [2.75, 3.05) is 46.0 Å². The molecule has 0 N–H and O–H groups in total. The van der Waals surface area contributed by atoms with E-state index < -0.39 is 0 Å². The molecule has 7 nitrogen and oxygen atoms in total. The number of nitrogens with zero attached hydrogens (tertiary/aromatic N) is 5. The number of hydrazone groups is 1. The van der Waals surface area contributed by atoms with E-state index in [2.05, 4.69) is 50.2 Å². The first-order valence-electron chi connectivity index (χ1n) is 11.9. The maximum atomic E-state index is 6.08. The fourth-order valence-corrected chi connectivity index (χ4v) is 5.33. The highest BCUT2D eigenvalue weighted by atomic mass is 16.5. The van der Waals surface area contributed by atoms with Crippen LogP contribution >= 0.6 is 0 Å². The highest BCUT2D eigenvalue weighted by Gasteiger charge is 2.42. The Morgan fingerprint density at radius 3 is 2.82 bits per heavy atom. The Bertz CT molecular complexity index is 1150. The molecule has 3 aliphatic rings. The minimum Gasteiger partial charge on any atom is -0.492 e. The van der Waals surface area contributed by atoms with Crippen molar-refractivity contribution in [2.45, 2.75) is 24.8 Å². The standard InChI is InChI=1S/C26H29N5O2/c1-2-9-27-22(4-1)26-25(24-5-3-11-31(24)29-26)21-8-10-28-23-18-19(6-7-20(21)23)33-17-14-30-12-15-32-16-13-30/h1-2,4,6-10,18,24-25H,3,5,11-17H2/t24-,25+/m1/s1. The van der Waals surface area contributed by atoms with Gasteiger partial charge in [-0.15, -0.1) is 0 Å². The van der Waals surface area contributed by atoms with Gasteiger partial charge in [0.2, 0.25) is 0 Å². The Morgan fingerprint density at radius 1 is 1.00 bits per heavy atom. The van der Waals surface area contributed by atoms with Gasteiger partial charge in [-0.3, -0.25) is 19.9 Å². The van der Waals surface area contributed by atoms with Crippen molar-refractivity contribution in [1.29, 1.82) is 0 Å². The van der Waals surface area contributed by atoms with E-state index in [0.29, 0.717) is 12.6 Å². The van der Waals surface area contributed by atoms with Crippen LogP contribution in [0.1, 0.15) is 30.0 Å². The number of aromatic nitrogens is 2. The lowest BCUT2D eigenvalue weighted by atomic mass is 9.84. The van der Waals surface area contributed by atoms with Crippen molar-refractivity contribution in [3.63, 3.8) is 0 Å². The van der Waals surface area contributed by atoms with Crippen LogP contribution in [0.3, 0.4) is 0 Å². The highest BCUT2D eigenvalue weighted by Crippen LogP contribution is 2.41. The molecule has 170 valence electrons. The molecular weight excluding hydrogens is 414 g/mol. The molecule has 0 radical (unpaired) electrons. The third kappa shape index (κ3) is 4.07. The molecule has 0 saturated carbocycles. The van der Waals surface area contributed by atoms with Crippen molar-refractivity contribution in [3.05, 3.63) is 66.1 Å². The van der Waals surface area contributed by atoms with Crippen LogP contribution in [0.5, 0.6) is 5.75 Å². The van der Waals surface area contributed by atoms with Crippen molar-refractivity contribution in [2.24, 2.45) is 5.10 Å². The molecule has 2 aromatic heterocycles. The van der Waals surface area contributed by atoms with Gasteiger partial charge in [0.1, 0.15) is 12.4 Å². The minimum absolute atomic E-state index is 0.195. The lowest BCUT2D eigenvalue weighted by Crippen LogP contribution is -2.38. The molecule has 2 atom stereocenters. The third-order valence-electron chi connectivity index (χ3n) is 6.98. The number of ether oxygens (including phenoxy) is 2. The zero-order chi connectivity index (χ0) is 22.0. The number of rotatable bonds is 6. The van der Waals surface area contributed by atoms with Crippen LogP contribution < -0.4 is 4.74 Å². The zero-order valence-corrected chi connectivity index (χ0v) is 18.8. The van der Waals surface area contributed by atoms with E-state index in [0.717, 1.165) is 68.5 Å². The number of morpholine rings is 1. The Labute approximate surface area is 194 Å². The van der Waals surface area contributed by atoms with Crippen molar-refractivity contribution in [1.82, 2.24) is 19.9 Å². The number of hydrogen-bond acceptors (Lipinski definition) is 7. The first-order chi connectivity index (χ1) is 16.4. The molecule has 0 unspecified atom stereocenters. The van der Waals surface area contributed by atoms with Crippen molar-refractivity contribution in [3.8, 4) is 5.75 Å². The van der Waals surface area contributed by atoms with Gasteiger partial charge in [0.15, 0.2) is 0 Å². The molecule has 6 rings (SSSR count). The second kappa shape index (κ2) is 9.08.